The summed E-state index contributed by atoms with van der Waals surface area (Å²) in [5, 5.41) is 14.3. The number of hydrogen-bond acceptors (Lipinski definition) is 5. The minimum atomic E-state index is -1.09. The zero-order valence-corrected chi connectivity index (χ0v) is 15.4. The van der Waals surface area contributed by atoms with E-state index in [9.17, 15) is 14.7 Å². The van der Waals surface area contributed by atoms with E-state index >= 15 is 0 Å². The van der Waals surface area contributed by atoms with Gasteiger partial charge in [0.15, 0.2) is 0 Å². The normalized spacial score (nSPS) is 17.7. The van der Waals surface area contributed by atoms with Crippen LogP contribution in [0.15, 0.2) is 35.7 Å². The third kappa shape index (κ3) is 4.62. The zero-order chi connectivity index (χ0) is 18.5. The van der Waals surface area contributed by atoms with Crippen molar-refractivity contribution in [3.05, 3.63) is 51.7 Å². The van der Waals surface area contributed by atoms with E-state index in [1.165, 1.54) is 24.1 Å². The molecule has 2 heterocycles. The Hall–Kier alpha value is -2.38. The largest absolute Gasteiger partial charge is 0.497 e. The van der Waals surface area contributed by atoms with E-state index in [0.29, 0.717) is 11.3 Å². The Morgan fingerprint density at radius 3 is 2.85 bits per heavy atom. The second kappa shape index (κ2) is 8.33. The van der Waals surface area contributed by atoms with Crippen LogP contribution in [0.25, 0.3) is 0 Å². The molecule has 1 aromatic carbocycles. The van der Waals surface area contributed by atoms with Crippen molar-refractivity contribution in [2.75, 3.05) is 20.2 Å². The number of carbonyl (C=O) groups is 2. The van der Waals surface area contributed by atoms with Crippen LogP contribution in [0.3, 0.4) is 0 Å². The van der Waals surface area contributed by atoms with E-state index < -0.39 is 5.97 Å². The maximum absolute atomic E-state index is 12.6. The molecule has 1 fully saturated rings. The molecule has 0 radical (unpaired) electrons. The quantitative estimate of drug-likeness (QED) is 0.813. The fourth-order valence-electron chi connectivity index (χ4n) is 3.18. The number of aromatic carboxylic acids is 1. The third-order valence-electron chi connectivity index (χ3n) is 4.45. The summed E-state index contributed by atoms with van der Waals surface area (Å²) in [6.07, 6.45) is 1.94. The lowest BCUT2D eigenvalue weighted by Gasteiger charge is -2.32. The summed E-state index contributed by atoms with van der Waals surface area (Å²) in [7, 11) is 1.45. The van der Waals surface area contributed by atoms with Gasteiger partial charge in [0.2, 0.25) is 0 Å². The molecule has 1 unspecified atom stereocenters. The molecule has 0 bridgehead atoms. The summed E-state index contributed by atoms with van der Waals surface area (Å²) < 4.78 is 5.11. The summed E-state index contributed by atoms with van der Waals surface area (Å²) in [5.74, 6) is -0.995. The number of rotatable bonds is 6. The van der Waals surface area contributed by atoms with Gasteiger partial charge in [0.25, 0.3) is 5.91 Å². The number of piperidine rings is 1. The first kappa shape index (κ1) is 18.4. The molecule has 0 spiro atoms. The van der Waals surface area contributed by atoms with Crippen LogP contribution in [0, 0.1) is 0 Å². The summed E-state index contributed by atoms with van der Waals surface area (Å²) in [5.41, 5.74) is 0.342. The van der Waals surface area contributed by atoms with Crippen molar-refractivity contribution >= 4 is 23.2 Å². The van der Waals surface area contributed by atoms with Gasteiger partial charge in [-0.1, -0.05) is 6.07 Å². The molecule has 6 nitrogen and oxygen atoms in total. The molecule has 0 saturated carbocycles. The molecular formula is C19H22N2O4S. The molecule has 2 aromatic rings. The van der Waals surface area contributed by atoms with Crippen molar-refractivity contribution in [3.63, 3.8) is 0 Å². The van der Waals surface area contributed by atoms with Gasteiger partial charge in [0.1, 0.15) is 5.75 Å². The van der Waals surface area contributed by atoms with Crippen LogP contribution < -0.4 is 10.1 Å². The molecule has 2 N–H and O–H groups in total. The number of nitrogens with one attached hydrogen (secondary N) is 1. The van der Waals surface area contributed by atoms with Gasteiger partial charge in [-0.3, -0.25) is 9.69 Å². The number of ether oxygens (including phenoxy) is 1. The molecule has 1 aliphatic rings. The maximum atomic E-state index is 12.6. The fourth-order valence-corrected chi connectivity index (χ4v) is 3.93. The summed E-state index contributed by atoms with van der Waals surface area (Å²) in [6.45, 7) is 2.71. The minimum absolute atomic E-state index is 0.0393. The molecule has 1 atom stereocenters. The second-order valence-electron chi connectivity index (χ2n) is 6.38. The Kier molecular flexibility index (Phi) is 5.90. The van der Waals surface area contributed by atoms with Crippen LogP contribution in [0.5, 0.6) is 5.75 Å². The Balaban J connectivity index is 1.65. The number of carbonyl (C=O) groups excluding carboxylic acids is 1. The van der Waals surface area contributed by atoms with Crippen molar-refractivity contribution in [2.24, 2.45) is 0 Å². The molecule has 0 aliphatic carbocycles. The predicted molar refractivity (Wildman–Crippen MR) is 100 cm³/mol. The smallest absolute Gasteiger partial charge is 0.335 e. The van der Waals surface area contributed by atoms with Crippen molar-refractivity contribution in [2.45, 2.75) is 25.4 Å². The first-order chi connectivity index (χ1) is 12.5. The van der Waals surface area contributed by atoms with E-state index in [2.05, 4.69) is 21.7 Å². The third-order valence-corrected chi connectivity index (χ3v) is 5.31. The van der Waals surface area contributed by atoms with Crippen LogP contribution in [0.4, 0.5) is 0 Å². The zero-order valence-electron chi connectivity index (χ0n) is 14.6. The monoisotopic (exact) mass is 374 g/mol. The van der Waals surface area contributed by atoms with E-state index in [1.54, 1.807) is 17.4 Å². The lowest BCUT2D eigenvalue weighted by molar-refractivity contribution is 0.0696. The van der Waals surface area contributed by atoms with Gasteiger partial charge in [-0.15, -0.1) is 11.3 Å². The van der Waals surface area contributed by atoms with Gasteiger partial charge in [-0.2, -0.15) is 0 Å². The molecule has 1 amide bonds. The Morgan fingerprint density at radius 2 is 2.15 bits per heavy atom. The first-order valence-electron chi connectivity index (χ1n) is 8.53. The molecule has 3 rings (SSSR count). The molecule has 7 heteroatoms. The molecule has 1 aromatic heterocycles. The van der Waals surface area contributed by atoms with E-state index in [1.807, 2.05) is 6.07 Å². The highest BCUT2D eigenvalue weighted by atomic mass is 32.1. The van der Waals surface area contributed by atoms with Gasteiger partial charge in [0, 0.05) is 29.6 Å². The van der Waals surface area contributed by atoms with Crippen molar-refractivity contribution < 1.29 is 19.4 Å². The number of methoxy groups -OCH3 is 1. The number of carboxylic acids is 1. The van der Waals surface area contributed by atoms with Gasteiger partial charge >= 0.3 is 5.97 Å². The summed E-state index contributed by atoms with van der Waals surface area (Å²) in [6, 6.07) is 8.57. The average molecular weight is 374 g/mol. The topological polar surface area (TPSA) is 78.9 Å². The molecule has 138 valence electrons. The fraction of sp³-hybridized carbons (Fsp3) is 0.368. The predicted octanol–water partition coefficient (Wildman–Crippen LogP) is 2.85. The van der Waals surface area contributed by atoms with Crippen LogP contribution in [-0.2, 0) is 6.54 Å². The summed E-state index contributed by atoms with van der Waals surface area (Å²) in [4.78, 5) is 27.5. The number of amides is 1. The minimum Gasteiger partial charge on any atom is -0.497 e. The number of likely N-dealkylation sites (tertiary alicyclic amines) is 1. The number of nitrogens with zero attached hydrogens (tertiary/aromatic N) is 1. The van der Waals surface area contributed by atoms with E-state index in [0.717, 1.165) is 32.5 Å². The van der Waals surface area contributed by atoms with Crippen molar-refractivity contribution in [1.29, 1.82) is 0 Å². The van der Waals surface area contributed by atoms with Crippen molar-refractivity contribution in [1.82, 2.24) is 10.2 Å². The van der Waals surface area contributed by atoms with E-state index in [-0.39, 0.29) is 17.5 Å². The van der Waals surface area contributed by atoms with Crippen molar-refractivity contribution in [3.8, 4) is 5.75 Å². The SMILES string of the molecule is COc1cc(C(=O)O)cc(C(=O)NC2CCCN(Cc3cccs3)C2)c1. The average Bonchev–Trinajstić information content (AvgIpc) is 3.14. The summed E-state index contributed by atoms with van der Waals surface area (Å²) >= 11 is 1.74. The van der Waals surface area contributed by atoms with Gasteiger partial charge in [0.05, 0.1) is 12.7 Å². The van der Waals surface area contributed by atoms with Crippen LogP contribution in [-0.4, -0.2) is 48.1 Å². The van der Waals surface area contributed by atoms with Crippen LogP contribution in [0.2, 0.25) is 0 Å². The van der Waals surface area contributed by atoms with Gasteiger partial charge in [-0.25, -0.2) is 4.79 Å². The highest BCUT2D eigenvalue weighted by Crippen LogP contribution is 2.19. The number of thiophene rings is 1. The molecule has 26 heavy (non-hydrogen) atoms. The lowest BCUT2D eigenvalue weighted by atomic mass is 10.0. The second-order valence-corrected chi connectivity index (χ2v) is 7.41. The van der Waals surface area contributed by atoms with E-state index in [4.69, 9.17) is 4.74 Å². The molecular weight excluding hydrogens is 352 g/mol. The van der Waals surface area contributed by atoms with Crippen LogP contribution in [0.1, 0.15) is 38.4 Å². The lowest BCUT2D eigenvalue weighted by Crippen LogP contribution is -2.47. The highest BCUT2D eigenvalue weighted by Gasteiger charge is 2.23. The Labute approximate surface area is 156 Å². The molecule has 1 aliphatic heterocycles. The first-order valence-corrected chi connectivity index (χ1v) is 9.41. The Morgan fingerprint density at radius 1 is 1.35 bits per heavy atom. The Bertz CT molecular complexity index is 776. The van der Waals surface area contributed by atoms with Gasteiger partial charge in [-0.05, 0) is 49.0 Å². The van der Waals surface area contributed by atoms with Gasteiger partial charge < -0.3 is 15.2 Å². The molecule has 1 saturated heterocycles. The number of carboxylic acid groups (broad SMARTS) is 1. The maximum Gasteiger partial charge on any atom is 0.335 e. The number of hydrogen-bond donors (Lipinski definition) is 2. The highest BCUT2D eigenvalue weighted by molar-refractivity contribution is 7.09. The standard InChI is InChI=1S/C19H22N2O4S/c1-25-16-9-13(8-14(10-16)19(23)24)18(22)20-15-4-2-6-21(11-15)12-17-5-3-7-26-17/h3,5,7-10,15H,2,4,6,11-12H2,1H3,(H,20,22)(H,23,24). The number of benzene rings is 1. The van der Waals surface area contributed by atoms with Crippen LogP contribution >= 0.6 is 11.3 Å².